The van der Waals surface area contributed by atoms with E-state index in [1.165, 1.54) is 19.2 Å². The van der Waals surface area contributed by atoms with E-state index in [1.54, 1.807) is 26.0 Å². The summed E-state index contributed by atoms with van der Waals surface area (Å²) in [5, 5.41) is 10.1. The number of hydrogen-bond acceptors (Lipinski definition) is 7. The number of methoxy groups -OCH3 is 1. The number of β-amino-alcohol motifs (C(OH)–C–C–N with tert-alkyl or cyclic N) is 1. The van der Waals surface area contributed by atoms with Gasteiger partial charge in [0.15, 0.2) is 0 Å². The normalized spacial score (nSPS) is 23.1. The number of rotatable bonds is 8. The molecule has 2 fully saturated rings. The van der Waals surface area contributed by atoms with Gasteiger partial charge in [-0.05, 0) is 86.9 Å². The molecular formula is C27H33FN2O6S. The molecular weight excluding hydrogens is 499 g/mol. The van der Waals surface area contributed by atoms with Crippen molar-refractivity contribution < 1.29 is 32.2 Å². The first-order valence-electron chi connectivity index (χ1n) is 12.6. The monoisotopic (exact) mass is 532 g/mol. The van der Waals surface area contributed by atoms with Crippen molar-refractivity contribution in [2.75, 3.05) is 38.1 Å². The highest BCUT2D eigenvalue weighted by Crippen LogP contribution is 2.55. The molecule has 1 saturated heterocycles. The molecule has 5 rings (SSSR count). The Bertz CT molecular complexity index is 1320. The molecule has 0 bridgehead atoms. The molecule has 2 aliphatic heterocycles. The van der Waals surface area contributed by atoms with Crippen LogP contribution in [0, 0.1) is 17.7 Å². The van der Waals surface area contributed by atoms with Crippen LogP contribution in [0.3, 0.4) is 0 Å². The van der Waals surface area contributed by atoms with E-state index in [4.69, 9.17) is 9.47 Å². The molecule has 3 aliphatic rings. The van der Waals surface area contributed by atoms with Crippen LogP contribution in [0.5, 0.6) is 5.75 Å². The second-order valence-electron chi connectivity index (χ2n) is 11.1. The molecule has 0 radical (unpaired) electrons. The number of nitrogens with one attached hydrogen (secondary N) is 1. The van der Waals surface area contributed by atoms with Crippen LogP contribution >= 0.6 is 0 Å². The first-order chi connectivity index (χ1) is 17.4. The van der Waals surface area contributed by atoms with Crippen molar-refractivity contribution in [1.82, 2.24) is 4.90 Å². The van der Waals surface area contributed by atoms with E-state index in [9.17, 15) is 22.7 Å². The highest BCUT2D eigenvalue weighted by molar-refractivity contribution is 7.92. The first kappa shape index (κ1) is 25.9. The van der Waals surface area contributed by atoms with Crippen LogP contribution in [0.25, 0.3) is 0 Å². The summed E-state index contributed by atoms with van der Waals surface area (Å²) < 4.78 is 54.8. The van der Waals surface area contributed by atoms with Crippen molar-refractivity contribution >= 4 is 21.7 Å². The molecule has 2 N–H and O–H groups in total. The Morgan fingerprint density at radius 2 is 2.08 bits per heavy atom. The van der Waals surface area contributed by atoms with E-state index in [2.05, 4.69) is 9.62 Å². The fourth-order valence-corrected chi connectivity index (χ4v) is 6.99. The van der Waals surface area contributed by atoms with Crippen LogP contribution in [0.15, 0.2) is 35.2 Å². The quantitative estimate of drug-likeness (QED) is 0.501. The number of nitrogens with zero attached hydrogens (tertiary/aromatic N) is 1. The van der Waals surface area contributed by atoms with Gasteiger partial charge in [0.25, 0.3) is 10.0 Å². The van der Waals surface area contributed by atoms with E-state index >= 15 is 0 Å². The highest BCUT2D eigenvalue weighted by atomic mass is 32.2. The maximum atomic E-state index is 14.2. The summed E-state index contributed by atoms with van der Waals surface area (Å²) in [6.45, 7) is 5.96. The molecule has 2 aromatic rings. The zero-order chi connectivity index (χ0) is 26.5. The summed E-state index contributed by atoms with van der Waals surface area (Å²) in [6, 6.07) is 7.01. The molecule has 1 aliphatic carbocycles. The smallest absolute Gasteiger partial charge is 0.343 e. The fraction of sp³-hybridized carbons (Fsp3) is 0.519. The van der Waals surface area contributed by atoms with Crippen molar-refractivity contribution in [3.8, 4) is 5.75 Å². The standard InChI is InChI=1S/C27H33FN2O6S/c1-27(2,32)15-30-9-8-16(13-30)10-17-11-19(28)4-7-23(17)37(33,34)29-22-6-5-20-21-12-18(21)14-36-25(20)24(22)26(31)35-3/h4-7,11,16,18,21,29,32H,8-10,12-15H2,1-3H3/t16-,18-,21-/m0/s1. The minimum Gasteiger partial charge on any atom is -0.492 e. The second kappa shape index (κ2) is 9.56. The van der Waals surface area contributed by atoms with Gasteiger partial charge in [0.05, 0.1) is 29.9 Å². The number of aliphatic hydroxyl groups is 1. The minimum atomic E-state index is -4.17. The molecule has 1 saturated carbocycles. The van der Waals surface area contributed by atoms with Crippen molar-refractivity contribution in [3.63, 3.8) is 0 Å². The maximum Gasteiger partial charge on any atom is 0.343 e. The molecule has 37 heavy (non-hydrogen) atoms. The van der Waals surface area contributed by atoms with Crippen molar-refractivity contribution in [2.24, 2.45) is 11.8 Å². The topological polar surface area (TPSA) is 105 Å². The molecule has 0 unspecified atom stereocenters. The summed E-state index contributed by atoms with van der Waals surface area (Å²) in [7, 11) is -2.93. The van der Waals surface area contributed by atoms with Crippen LogP contribution < -0.4 is 9.46 Å². The summed E-state index contributed by atoms with van der Waals surface area (Å²) in [5.74, 6) is 0.0130. The van der Waals surface area contributed by atoms with E-state index in [0.717, 1.165) is 31.0 Å². The molecule has 2 heterocycles. The number of sulfonamides is 1. The lowest BCUT2D eigenvalue weighted by molar-refractivity contribution is 0.0428. The van der Waals surface area contributed by atoms with Crippen LogP contribution in [0.2, 0.25) is 0 Å². The number of halogens is 1. The third kappa shape index (κ3) is 5.46. The Morgan fingerprint density at radius 1 is 1.30 bits per heavy atom. The van der Waals surface area contributed by atoms with Gasteiger partial charge in [-0.1, -0.05) is 6.07 Å². The summed E-state index contributed by atoms with van der Waals surface area (Å²) >= 11 is 0. The van der Waals surface area contributed by atoms with Gasteiger partial charge in [-0.25, -0.2) is 17.6 Å². The average Bonchev–Trinajstić information content (AvgIpc) is 3.50. The number of hydrogen-bond donors (Lipinski definition) is 2. The maximum absolute atomic E-state index is 14.2. The SMILES string of the molecule is COC(=O)c1c(NS(=O)(=O)c2ccc(F)cc2C[C@@H]2CCN(CC(C)(C)O)C2)ccc2c1OC[C@@H]1C[C@H]21. The van der Waals surface area contributed by atoms with Gasteiger partial charge >= 0.3 is 5.97 Å². The first-order valence-corrected chi connectivity index (χ1v) is 14.1. The van der Waals surface area contributed by atoms with Gasteiger partial charge < -0.3 is 19.5 Å². The minimum absolute atomic E-state index is 0.0356. The van der Waals surface area contributed by atoms with Crippen LogP contribution in [0.1, 0.15) is 54.1 Å². The van der Waals surface area contributed by atoms with Gasteiger partial charge in [0.2, 0.25) is 0 Å². The third-order valence-corrected chi connectivity index (χ3v) is 8.85. The van der Waals surface area contributed by atoms with E-state index in [-0.39, 0.29) is 22.1 Å². The van der Waals surface area contributed by atoms with Gasteiger partial charge in [-0.3, -0.25) is 4.72 Å². The summed E-state index contributed by atoms with van der Waals surface area (Å²) in [4.78, 5) is 14.8. The number of fused-ring (bicyclic) bond motifs is 3. The number of esters is 1. The number of benzene rings is 2. The lowest BCUT2D eigenvalue weighted by Gasteiger charge is -2.25. The predicted octanol–water partition coefficient (Wildman–Crippen LogP) is 3.54. The predicted molar refractivity (Wildman–Crippen MR) is 136 cm³/mol. The molecule has 2 aromatic carbocycles. The van der Waals surface area contributed by atoms with Gasteiger partial charge in [0.1, 0.15) is 17.1 Å². The molecule has 0 amide bonds. The molecule has 10 heteroatoms. The largest absolute Gasteiger partial charge is 0.492 e. The van der Waals surface area contributed by atoms with Crippen LogP contribution in [0.4, 0.5) is 10.1 Å². The molecule has 3 atom stereocenters. The van der Waals surface area contributed by atoms with Crippen molar-refractivity contribution in [3.05, 3.63) is 52.8 Å². The van der Waals surface area contributed by atoms with Crippen molar-refractivity contribution in [1.29, 1.82) is 0 Å². The zero-order valence-corrected chi connectivity index (χ0v) is 22.1. The number of anilines is 1. The number of carbonyl (C=O) groups is 1. The van der Waals surface area contributed by atoms with Crippen molar-refractivity contribution in [2.45, 2.75) is 49.5 Å². The number of likely N-dealkylation sites (tertiary alicyclic amines) is 1. The van der Waals surface area contributed by atoms with Gasteiger partial charge in [0, 0.05) is 19.0 Å². The Labute approximate surface area is 216 Å². The Morgan fingerprint density at radius 3 is 2.81 bits per heavy atom. The zero-order valence-electron chi connectivity index (χ0n) is 21.3. The third-order valence-electron chi connectivity index (χ3n) is 7.39. The Kier molecular flexibility index (Phi) is 6.70. The van der Waals surface area contributed by atoms with E-state index < -0.39 is 27.4 Å². The Balaban J connectivity index is 1.42. The number of carbonyl (C=O) groups excluding carboxylic acids is 1. The lowest BCUT2D eigenvalue weighted by Crippen LogP contribution is -2.37. The lowest BCUT2D eigenvalue weighted by atomic mass is 9.98. The van der Waals surface area contributed by atoms with Crippen LogP contribution in [-0.4, -0.2) is 63.3 Å². The van der Waals surface area contributed by atoms with E-state index in [0.29, 0.717) is 49.3 Å². The average molecular weight is 533 g/mol. The highest BCUT2D eigenvalue weighted by Gasteiger charge is 2.45. The molecule has 200 valence electrons. The molecule has 0 spiro atoms. The van der Waals surface area contributed by atoms with Gasteiger partial charge in [-0.15, -0.1) is 0 Å². The number of ether oxygens (including phenoxy) is 2. The Hall–Kier alpha value is -2.69. The van der Waals surface area contributed by atoms with E-state index in [1.807, 2.05) is 0 Å². The van der Waals surface area contributed by atoms with Crippen LogP contribution in [-0.2, 0) is 21.2 Å². The molecule has 0 aromatic heterocycles. The fourth-order valence-electron chi connectivity index (χ4n) is 5.69. The summed E-state index contributed by atoms with van der Waals surface area (Å²) in [6.07, 6.45) is 2.17. The second-order valence-corrected chi connectivity index (χ2v) is 12.7. The molecule has 8 nitrogen and oxygen atoms in total. The summed E-state index contributed by atoms with van der Waals surface area (Å²) in [5.41, 5.74) is 0.548. The van der Waals surface area contributed by atoms with Gasteiger partial charge in [-0.2, -0.15) is 0 Å².